The fourth-order valence-corrected chi connectivity index (χ4v) is 3.06. The van der Waals surface area contributed by atoms with Gasteiger partial charge in [0.1, 0.15) is 0 Å². The van der Waals surface area contributed by atoms with Gasteiger partial charge in [-0.05, 0) is 50.9 Å². The van der Waals surface area contributed by atoms with Crippen LogP contribution in [0.5, 0.6) is 0 Å². The van der Waals surface area contributed by atoms with Crippen LogP contribution < -0.4 is 5.32 Å². The molecule has 2 aliphatic carbocycles. The monoisotopic (exact) mass is 222 g/mol. The van der Waals surface area contributed by atoms with Crippen molar-refractivity contribution in [2.75, 3.05) is 19.6 Å². The molecule has 1 heterocycles. The quantitative estimate of drug-likeness (QED) is 0.785. The summed E-state index contributed by atoms with van der Waals surface area (Å²) in [6, 6.07) is 0.804. The molecule has 1 aliphatic heterocycles. The maximum Gasteiger partial charge on any atom is 0.0304 e. The Bertz CT molecular complexity index is 257. The SMILES string of the molecule is CCC1(C)CNC(C2CC2)CN1CC1CC1. The molecule has 3 aliphatic rings. The predicted molar refractivity (Wildman–Crippen MR) is 67.5 cm³/mol. The molecule has 0 aromatic rings. The summed E-state index contributed by atoms with van der Waals surface area (Å²) in [5.41, 5.74) is 0.425. The van der Waals surface area contributed by atoms with Crippen LogP contribution in [-0.2, 0) is 0 Å². The smallest absolute Gasteiger partial charge is 0.0304 e. The average Bonchev–Trinajstić information content (AvgIpc) is 3.14. The van der Waals surface area contributed by atoms with Crippen molar-refractivity contribution in [2.45, 2.75) is 57.5 Å². The number of hydrogen-bond donors (Lipinski definition) is 1. The fourth-order valence-electron chi connectivity index (χ4n) is 3.06. The van der Waals surface area contributed by atoms with Gasteiger partial charge in [0, 0.05) is 31.2 Å². The van der Waals surface area contributed by atoms with Gasteiger partial charge >= 0.3 is 0 Å². The van der Waals surface area contributed by atoms with Gasteiger partial charge in [0.25, 0.3) is 0 Å². The summed E-state index contributed by atoms with van der Waals surface area (Å²) in [6.07, 6.45) is 7.19. The molecule has 1 saturated heterocycles. The van der Waals surface area contributed by atoms with E-state index in [1.54, 1.807) is 0 Å². The first-order valence-corrected chi connectivity index (χ1v) is 7.20. The van der Waals surface area contributed by atoms with E-state index < -0.39 is 0 Å². The highest BCUT2D eigenvalue weighted by Crippen LogP contribution is 2.38. The molecule has 1 N–H and O–H groups in total. The van der Waals surface area contributed by atoms with Gasteiger partial charge in [0.05, 0.1) is 0 Å². The van der Waals surface area contributed by atoms with E-state index in [-0.39, 0.29) is 0 Å². The summed E-state index contributed by atoms with van der Waals surface area (Å²) in [7, 11) is 0. The van der Waals surface area contributed by atoms with Gasteiger partial charge in [-0.1, -0.05) is 6.92 Å². The van der Waals surface area contributed by atoms with E-state index in [0.717, 1.165) is 17.9 Å². The molecule has 3 fully saturated rings. The Morgan fingerprint density at radius 1 is 1.25 bits per heavy atom. The minimum Gasteiger partial charge on any atom is -0.311 e. The lowest BCUT2D eigenvalue weighted by molar-refractivity contribution is 0.0400. The zero-order valence-corrected chi connectivity index (χ0v) is 10.8. The Morgan fingerprint density at radius 2 is 2.00 bits per heavy atom. The number of hydrogen-bond acceptors (Lipinski definition) is 2. The van der Waals surface area contributed by atoms with E-state index in [2.05, 4.69) is 24.1 Å². The first kappa shape index (κ1) is 11.0. The van der Waals surface area contributed by atoms with Crippen LogP contribution in [0.1, 0.15) is 46.0 Å². The fraction of sp³-hybridized carbons (Fsp3) is 1.00. The molecule has 2 saturated carbocycles. The summed E-state index contributed by atoms with van der Waals surface area (Å²) in [5, 5.41) is 3.80. The van der Waals surface area contributed by atoms with Crippen molar-refractivity contribution in [3.05, 3.63) is 0 Å². The van der Waals surface area contributed by atoms with E-state index in [1.165, 1.54) is 51.7 Å². The minimum absolute atomic E-state index is 0.425. The van der Waals surface area contributed by atoms with Gasteiger partial charge < -0.3 is 5.32 Å². The van der Waals surface area contributed by atoms with Crippen LogP contribution in [-0.4, -0.2) is 36.1 Å². The van der Waals surface area contributed by atoms with Crippen LogP contribution in [0.2, 0.25) is 0 Å². The first-order chi connectivity index (χ1) is 7.71. The molecule has 0 aromatic heterocycles. The highest BCUT2D eigenvalue weighted by atomic mass is 15.3. The van der Waals surface area contributed by atoms with Crippen molar-refractivity contribution in [3.63, 3.8) is 0 Å². The molecule has 0 spiro atoms. The molecule has 2 atom stereocenters. The second-order valence-corrected chi connectivity index (χ2v) is 6.52. The second-order valence-electron chi connectivity index (χ2n) is 6.52. The van der Waals surface area contributed by atoms with E-state index in [0.29, 0.717) is 5.54 Å². The Labute approximate surface area is 99.8 Å². The van der Waals surface area contributed by atoms with Gasteiger partial charge in [-0.15, -0.1) is 0 Å². The van der Waals surface area contributed by atoms with E-state index in [4.69, 9.17) is 0 Å². The van der Waals surface area contributed by atoms with E-state index in [1.807, 2.05) is 0 Å². The highest BCUT2D eigenvalue weighted by molar-refractivity contribution is 5.00. The lowest BCUT2D eigenvalue weighted by Crippen LogP contribution is -2.63. The summed E-state index contributed by atoms with van der Waals surface area (Å²) in [6.45, 7) is 8.68. The van der Waals surface area contributed by atoms with Crippen LogP contribution in [0.15, 0.2) is 0 Å². The summed E-state index contributed by atoms with van der Waals surface area (Å²) < 4.78 is 0. The predicted octanol–water partition coefficient (Wildman–Crippen LogP) is 2.25. The van der Waals surface area contributed by atoms with Crippen molar-refractivity contribution in [2.24, 2.45) is 11.8 Å². The van der Waals surface area contributed by atoms with Crippen molar-refractivity contribution in [1.82, 2.24) is 10.2 Å². The lowest BCUT2D eigenvalue weighted by Gasteiger charge is -2.48. The third-order valence-corrected chi connectivity index (χ3v) is 5.05. The van der Waals surface area contributed by atoms with Crippen molar-refractivity contribution in [3.8, 4) is 0 Å². The summed E-state index contributed by atoms with van der Waals surface area (Å²) >= 11 is 0. The zero-order chi connectivity index (χ0) is 11.2. The van der Waals surface area contributed by atoms with Crippen LogP contribution >= 0.6 is 0 Å². The Kier molecular flexibility index (Phi) is 2.75. The molecule has 0 aromatic carbocycles. The number of piperazine rings is 1. The minimum atomic E-state index is 0.425. The third kappa shape index (κ3) is 2.14. The molecule has 92 valence electrons. The second kappa shape index (κ2) is 3.99. The first-order valence-electron chi connectivity index (χ1n) is 7.20. The van der Waals surface area contributed by atoms with Crippen LogP contribution in [0, 0.1) is 11.8 Å². The van der Waals surface area contributed by atoms with Crippen LogP contribution in [0.4, 0.5) is 0 Å². The van der Waals surface area contributed by atoms with Crippen LogP contribution in [0.3, 0.4) is 0 Å². The molecule has 2 heteroatoms. The number of rotatable bonds is 4. The van der Waals surface area contributed by atoms with Crippen molar-refractivity contribution >= 4 is 0 Å². The maximum absolute atomic E-state index is 3.80. The van der Waals surface area contributed by atoms with Crippen molar-refractivity contribution in [1.29, 1.82) is 0 Å². The molecule has 2 unspecified atom stereocenters. The molecule has 16 heavy (non-hydrogen) atoms. The molecular weight excluding hydrogens is 196 g/mol. The average molecular weight is 222 g/mol. The molecule has 3 rings (SSSR count). The van der Waals surface area contributed by atoms with E-state index >= 15 is 0 Å². The van der Waals surface area contributed by atoms with Gasteiger partial charge in [-0.2, -0.15) is 0 Å². The Balaban J connectivity index is 1.65. The summed E-state index contributed by atoms with van der Waals surface area (Å²) in [5.74, 6) is 2.03. The molecule has 2 nitrogen and oxygen atoms in total. The highest BCUT2D eigenvalue weighted by Gasteiger charge is 2.43. The Morgan fingerprint density at radius 3 is 2.56 bits per heavy atom. The third-order valence-electron chi connectivity index (χ3n) is 5.05. The van der Waals surface area contributed by atoms with Gasteiger partial charge in [-0.25, -0.2) is 0 Å². The Hall–Kier alpha value is -0.0800. The normalized spacial score (nSPS) is 41.2. The molecule has 0 amide bonds. The van der Waals surface area contributed by atoms with E-state index in [9.17, 15) is 0 Å². The largest absolute Gasteiger partial charge is 0.311 e. The van der Waals surface area contributed by atoms with Crippen molar-refractivity contribution < 1.29 is 0 Å². The number of nitrogens with zero attached hydrogens (tertiary/aromatic N) is 1. The maximum atomic E-state index is 3.80. The van der Waals surface area contributed by atoms with Crippen LogP contribution in [0.25, 0.3) is 0 Å². The summed E-state index contributed by atoms with van der Waals surface area (Å²) in [4.78, 5) is 2.81. The van der Waals surface area contributed by atoms with Gasteiger partial charge in [0.2, 0.25) is 0 Å². The molecule has 0 bridgehead atoms. The topological polar surface area (TPSA) is 15.3 Å². The van der Waals surface area contributed by atoms with Gasteiger partial charge in [-0.3, -0.25) is 4.90 Å². The standard InChI is InChI=1S/C14H26N2/c1-3-14(2)10-15-13(12-6-7-12)9-16(14)8-11-4-5-11/h11-13,15H,3-10H2,1-2H3. The number of nitrogens with one attached hydrogen (secondary N) is 1. The molecule has 0 radical (unpaired) electrons. The zero-order valence-electron chi connectivity index (χ0n) is 10.8. The lowest BCUT2D eigenvalue weighted by atomic mass is 9.90. The molecular formula is C14H26N2. The van der Waals surface area contributed by atoms with Gasteiger partial charge in [0.15, 0.2) is 0 Å².